The molecule has 0 radical (unpaired) electrons. The molecule has 1 aromatic rings. The van der Waals surface area contributed by atoms with Crippen LogP contribution in [0.25, 0.3) is 0 Å². The molecule has 0 unspecified atom stereocenters. The van der Waals surface area contributed by atoms with Gasteiger partial charge in [0.2, 0.25) is 10.0 Å². The average molecular weight is 316 g/mol. The van der Waals surface area contributed by atoms with Gasteiger partial charge in [0.05, 0.1) is 12.4 Å². The topological polar surface area (TPSA) is 83.6 Å². The Morgan fingerprint density at radius 1 is 1.40 bits per heavy atom. The van der Waals surface area contributed by atoms with Gasteiger partial charge in [0.25, 0.3) is 0 Å². The average Bonchev–Trinajstić information content (AvgIpc) is 2.40. The highest BCUT2D eigenvalue weighted by molar-refractivity contribution is 8.00. The number of benzene rings is 1. The van der Waals surface area contributed by atoms with E-state index in [0.29, 0.717) is 11.4 Å². The first kappa shape index (κ1) is 17.0. The van der Waals surface area contributed by atoms with Crippen molar-refractivity contribution in [2.75, 3.05) is 36.9 Å². The van der Waals surface area contributed by atoms with Crippen LogP contribution in [0.3, 0.4) is 0 Å². The summed E-state index contributed by atoms with van der Waals surface area (Å²) in [6.07, 6.45) is 1.51. The van der Waals surface area contributed by atoms with Crippen molar-refractivity contribution in [3.8, 4) is 0 Å². The molecule has 0 heterocycles. The van der Waals surface area contributed by atoms with Crippen LogP contribution in [0.4, 0.5) is 5.69 Å². The molecule has 0 atom stereocenters. The van der Waals surface area contributed by atoms with E-state index in [-0.39, 0.29) is 25.4 Å². The van der Waals surface area contributed by atoms with Crippen LogP contribution in [-0.2, 0) is 10.0 Å². The standard InChI is InChI=1S/C13H20N2O3S2/c1-2-7-15(8-9-16)20(17,18)11-10-19-13-6-4-3-5-12(13)14/h2-6,16H,1,7-11,14H2. The van der Waals surface area contributed by atoms with Crippen LogP contribution >= 0.6 is 11.8 Å². The van der Waals surface area contributed by atoms with E-state index in [1.165, 1.54) is 22.1 Å². The Morgan fingerprint density at radius 2 is 2.10 bits per heavy atom. The number of hydrogen-bond acceptors (Lipinski definition) is 5. The molecule has 0 bridgehead atoms. The monoisotopic (exact) mass is 316 g/mol. The molecule has 0 aliphatic heterocycles. The second kappa shape index (κ2) is 8.31. The molecule has 112 valence electrons. The number of sulfonamides is 1. The fourth-order valence-corrected chi connectivity index (χ4v) is 4.35. The molecular formula is C13H20N2O3S2. The summed E-state index contributed by atoms with van der Waals surface area (Å²) in [7, 11) is -3.39. The molecule has 1 rings (SSSR count). The first-order chi connectivity index (χ1) is 9.51. The maximum atomic E-state index is 12.1. The lowest BCUT2D eigenvalue weighted by Crippen LogP contribution is -2.36. The third-order valence-corrected chi connectivity index (χ3v) is 5.78. The van der Waals surface area contributed by atoms with E-state index in [1.807, 2.05) is 18.2 Å². The molecule has 0 fully saturated rings. The summed E-state index contributed by atoms with van der Waals surface area (Å²) in [4.78, 5) is 0.875. The first-order valence-electron chi connectivity index (χ1n) is 6.18. The van der Waals surface area contributed by atoms with Crippen LogP contribution in [0.15, 0.2) is 41.8 Å². The summed E-state index contributed by atoms with van der Waals surface area (Å²) in [5, 5.41) is 8.90. The molecule has 0 amide bonds. The van der Waals surface area contributed by atoms with Gasteiger partial charge in [-0.25, -0.2) is 8.42 Å². The minimum absolute atomic E-state index is 0.000158. The molecule has 0 saturated heterocycles. The SMILES string of the molecule is C=CCN(CCO)S(=O)(=O)CCSc1ccccc1N. The highest BCUT2D eigenvalue weighted by Gasteiger charge is 2.20. The van der Waals surface area contributed by atoms with E-state index in [4.69, 9.17) is 10.8 Å². The summed E-state index contributed by atoms with van der Waals surface area (Å²) in [6, 6.07) is 7.35. The Morgan fingerprint density at radius 3 is 2.70 bits per heavy atom. The van der Waals surface area contributed by atoms with Crippen LogP contribution in [-0.4, -0.2) is 49.0 Å². The Labute approximate surface area is 124 Å². The van der Waals surface area contributed by atoms with E-state index in [0.717, 1.165) is 4.90 Å². The van der Waals surface area contributed by atoms with Crippen molar-refractivity contribution in [1.29, 1.82) is 0 Å². The number of thioether (sulfide) groups is 1. The van der Waals surface area contributed by atoms with Gasteiger partial charge in [-0.15, -0.1) is 18.3 Å². The number of anilines is 1. The van der Waals surface area contributed by atoms with E-state index in [1.54, 1.807) is 6.07 Å². The summed E-state index contributed by atoms with van der Waals surface area (Å²) >= 11 is 1.41. The minimum atomic E-state index is -3.39. The van der Waals surface area contributed by atoms with E-state index in [2.05, 4.69) is 6.58 Å². The molecule has 5 nitrogen and oxygen atoms in total. The predicted octanol–water partition coefficient (Wildman–Crippen LogP) is 1.17. The number of aliphatic hydroxyl groups is 1. The molecule has 0 saturated carbocycles. The number of para-hydroxylation sites is 1. The van der Waals surface area contributed by atoms with Gasteiger partial charge in [0, 0.05) is 29.4 Å². The maximum absolute atomic E-state index is 12.1. The zero-order valence-electron chi connectivity index (χ0n) is 11.2. The van der Waals surface area contributed by atoms with Gasteiger partial charge in [-0.3, -0.25) is 0 Å². The lowest BCUT2D eigenvalue weighted by atomic mass is 10.3. The van der Waals surface area contributed by atoms with Crippen molar-refractivity contribution in [3.63, 3.8) is 0 Å². The van der Waals surface area contributed by atoms with Crippen molar-refractivity contribution < 1.29 is 13.5 Å². The van der Waals surface area contributed by atoms with Crippen LogP contribution in [0.2, 0.25) is 0 Å². The van der Waals surface area contributed by atoms with Crippen molar-refractivity contribution in [2.45, 2.75) is 4.90 Å². The summed E-state index contributed by atoms with van der Waals surface area (Å²) in [6.45, 7) is 3.62. The lowest BCUT2D eigenvalue weighted by molar-refractivity contribution is 0.260. The van der Waals surface area contributed by atoms with Gasteiger partial charge >= 0.3 is 0 Å². The van der Waals surface area contributed by atoms with E-state index in [9.17, 15) is 8.42 Å². The Bertz CT molecular complexity index is 532. The van der Waals surface area contributed by atoms with Crippen molar-refractivity contribution >= 4 is 27.5 Å². The number of nitrogen functional groups attached to an aromatic ring is 1. The second-order valence-electron chi connectivity index (χ2n) is 4.07. The van der Waals surface area contributed by atoms with Crippen molar-refractivity contribution in [3.05, 3.63) is 36.9 Å². The molecule has 1 aromatic carbocycles. The third kappa shape index (κ3) is 5.16. The van der Waals surface area contributed by atoms with Gasteiger partial charge in [0.1, 0.15) is 0 Å². The van der Waals surface area contributed by atoms with Gasteiger partial charge in [-0.05, 0) is 12.1 Å². The van der Waals surface area contributed by atoms with Crippen molar-refractivity contribution in [1.82, 2.24) is 4.31 Å². The van der Waals surface area contributed by atoms with Crippen LogP contribution in [0, 0.1) is 0 Å². The molecule has 20 heavy (non-hydrogen) atoms. The summed E-state index contributed by atoms with van der Waals surface area (Å²) in [5.74, 6) is 0.412. The van der Waals surface area contributed by atoms with Crippen LogP contribution in [0.1, 0.15) is 0 Å². The number of hydrogen-bond donors (Lipinski definition) is 2. The number of aliphatic hydroxyl groups excluding tert-OH is 1. The maximum Gasteiger partial charge on any atom is 0.215 e. The predicted molar refractivity (Wildman–Crippen MR) is 84.2 cm³/mol. The molecule has 0 aromatic heterocycles. The smallest absolute Gasteiger partial charge is 0.215 e. The van der Waals surface area contributed by atoms with Gasteiger partial charge in [0.15, 0.2) is 0 Å². The van der Waals surface area contributed by atoms with Gasteiger partial charge in [-0.1, -0.05) is 18.2 Å². The fraction of sp³-hybridized carbons (Fsp3) is 0.385. The van der Waals surface area contributed by atoms with Crippen molar-refractivity contribution in [2.24, 2.45) is 0 Å². The highest BCUT2D eigenvalue weighted by atomic mass is 32.2. The van der Waals surface area contributed by atoms with E-state index >= 15 is 0 Å². The number of rotatable bonds is 9. The molecule has 7 heteroatoms. The lowest BCUT2D eigenvalue weighted by Gasteiger charge is -2.19. The van der Waals surface area contributed by atoms with E-state index < -0.39 is 10.0 Å². The Kier molecular flexibility index (Phi) is 7.08. The molecule has 0 aliphatic carbocycles. The summed E-state index contributed by atoms with van der Waals surface area (Å²) < 4.78 is 25.4. The fourth-order valence-electron chi connectivity index (χ4n) is 1.60. The molecular weight excluding hydrogens is 296 g/mol. The Balaban J connectivity index is 2.58. The molecule has 0 aliphatic rings. The van der Waals surface area contributed by atoms with Crippen LogP contribution in [0.5, 0.6) is 0 Å². The quantitative estimate of drug-likeness (QED) is 0.406. The summed E-state index contributed by atoms with van der Waals surface area (Å²) in [5.41, 5.74) is 6.45. The largest absolute Gasteiger partial charge is 0.398 e. The third-order valence-electron chi connectivity index (χ3n) is 2.59. The zero-order chi connectivity index (χ0) is 15.0. The Hall–Kier alpha value is -1.02. The highest BCUT2D eigenvalue weighted by Crippen LogP contribution is 2.24. The number of nitrogens with two attached hydrogens (primary N) is 1. The minimum Gasteiger partial charge on any atom is -0.398 e. The second-order valence-corrected chi connectivity index (χ2v) is 7.30. The molecule has 3 N–H and O–H groups in total. The normalized spacial score (nSPS) is 11.7. The van der Waals surface area contributed by atoms with Gasteiger partial charge < -0.3 is 10.8 Å². The number of nitrogens with zero attached hydrogens (tertiary/aromatic N) is 1. The zero-order valence-corrected chi connectivity index (χ0v) is 12.9. The van der Waals surface area contributed by atoms with Gasteiger partial charge in [-0.2, -0.15) is 4.31 Å². The molecule has 0 spiro atoms. The first-order valence-corrected chi connectivity index (χ1v) is 8.77. The van der Waals surface area contributed by atoms with Crippen LogP contribution < -0.4 is 5.73 Å².